The van der Waals surface area contributed by atoms with E-state index in [1.807, 2.05) is 26.2 Å². The minimum Gasteiger partial charge on any atom is -0.444 e. The van der Waals surface area contributed by atoms with Gasteiger partial charge in [0.2, 0.25) is 8.32 Å². The Labute approximate surface area is 153 Å². The lowest BCUT2D eigenvalue weighted by atomic mass is 11.8. The van der Waals surface area contributed by atoms with Gasteiger partial charge in [-0.1, -0.05) is 6.55 Å². The van der Waals surface area contributed by atoms with E-state index in [1.54, 1.807) is 0 Å². The van der Waals surface area contributed by atoms with E-state index in [1.165, 1.54) is 0 Å². The summed E-state index contributed by atoms with van der Waals surface area (Å²) in [6.07, 6.45) is 0. The largest absolute Gasteiger partial charge is 0.444 e. The van der Waals surface area contributed by atoms with E-state index in [9.17, 15) is 0 Å². The molecule has 5 atom stereocenters. The van der Waals surface area contributed by atoms with Gasteiger partial charge in [-0.2, -0.15) is 0 Å². The Morgan fingerprint density at radius 1 is 0.652 bits per heavy atom. The van der Waals surface area contributed by atoms with Crippen molar-refractivity contribution in [3.8, 4) is 0 Å². The van der Waals surface area contributed by atoms with Gasteiger partial charge in [0.1, 0.15) is 9.76 Å². The predicted molar refractivity (Wildman–Crippen MR) is 110 cm³/mol. The van der Waals surface area contributed by atoms with Crippen LogP contribution in [0.25, 0.3) is 0 Å². The Hall–Kier alpha value is 1.24. The molecule has 0 radical (unpaired) electrons. The van der Waals surface area contributed by atoms with Crippen LogP contribution in [0.4, 0.5) is 0 Å². The lowest BCUT2D eigenvalue weighted by Gasteiger charge is -2.25. The van der Waals surface area contributed by atoms with Crippen molar-refractivity contribution < 1.29 is 29.7 Å². The van der Waals surface area contributed by atoms with Gasteiger partial charge in [-0.15, -0.1) is 0 Å². The lowest BCUT2D eigenvalue weighted by molar-refractivity contribution is -0.129. The molecule has 0 spiro atoms. The molecule has 140 valence electrons. The van der Waals surface area contributed by atoms with E-state index in [-0.39, 0.29) is 0 Å². The van der Waals surface area contributed by atoms with Crippen LogP contribution in [0.1, 0.15) is 0 Å². The lowest BCUT2D eigenvalue weighted by Crippen LogP contribution is -2.40. The maximum Gasteiger partial charge on any atom is 0.346 e. The normalized spacial score (nSPS) is 19.7. The van der Waals surface area contributed by atoms with Crippen LogP contribution in [-0.2, 0) is 29.7 Å². The highest BCUT2D eigenvalue weighted by molar-refractivity contribution is 6.70. The summed E-state index contributed by atoms with van der Waals surface area (Å²) in [5, 5.41) is 0. The van der Waals surface area contributed by atoms with Gasteiger partial charge in [0.15, 0.2) is 0 Å². The topological polar surface area (TPSA) is 64.6 Å². The average molecular weight is 451 g/mol. The van der Waals surface area contributed by atoms with E-state index in [0.717, 1.165) is 0 Å². The summed E-state index contributed by atoms with van der Waals surface area (Å²) in [4.78, 5) is 0. The first-order valence-electron chi connectivity index (χ1n) is 8.11. The summed E-state index contributed by atoms with van der Waals surface area (Å²) in [6.45, 7) is 18.4. The predicted octanol–water partition coefficient (Wildman–Crippen LogP) is 0.236. The first-order chi connectivity index (χ1) is 10.5. The third-order valence-electron chi connectivity index (χ3n) is 2.37. The van der Waals surface area contributed by atoms with Crippen LogP contribution in [0.2, 0.25) is 58.9 Å². The van der Waals surface area contributed by atoms with Gasteiger partial charge in [0.25, 0.3) is 37.1 Å². The maximum atomic E-state index is 5.95. The second kappa shape index (κ2) is 12.6. The van der Waals surface area contributed by atoms with E-state index >= 15 is 0 Å². The molecule has 0 aliphatic carbocycles. The molecule has 0 rings (SSSR count). The molecular weight excluding hydrogens is 417 g/mol. The molecule has 0 saturated carbocycles. The molecule has 0 fully saturated rings. The Kier molecular flexibility index (Phi) is 13.2. The minimum atomic E-state index is -1.80. The van der Waals surface area contributed by atoms with Gasteiger partial charge < -0.3 is 20.6 Å². The highest BCUT2D eigenvalue weighted by Crippen LogP contribution is 2.07. The summed E-state index contributed by atoms with van der Waals surface area (Å²) in [5.74, 6) is 0. The minimum absolute atomic E-state index is 0.398. The molecule has 0 saturated heterocycles. The van der Waals surface area contributed by atoms with Crippen molar-refractivity contribution in [2.45, 2.75) is 58.9 Å². The van der Waals surface area contributed by atoms with Crippen LogP contribution in [0.5, 0.6) is 0 Å². The average Bonchev–Trinajstić information content (AvgIpc) is 2.34. The van der Waals surface area contributed by atoms with Crippen molar-refractivity contribution in [2.24, 2.45) is 0 Å². The summed E-state index contributed by atoms with van der Waals surface area (Å²) in [6, 6.07) is 0. The Morgan fingerprint density at radius 3 is 1.43 bits per heavy atom. The van der Waals surface area contributed by atoms with Crippen LogP contribution >= 0.6 is 0 Å². The van der Waals surface area contributed by atoms with Gasteiger partial charge in [-0.25, -0.2) is 0 Å². The highest BCUT2D eigenvalue weighted by atomic mass is 28.5. The molecule has 0 aliphatic heterocycles. The third-order valence-corrected chi connectivity index (χ3v) is 19.0. The fourth-order valence-corrected chi connectivity index (χ4v) is 17.6. The van der Waals surface area contributed by atoms with E-state index in [0.29, 0.717) is 0 Å². The van der Waals surface area contributed by atoms with Crippen LogP contribution < -0.4 is 0 Å². The molecule has 7 nitrogen and oxygen atoms in total. The van der Waals surface area contributed by atoms with Crippen LogP contribution in [0.3, 0.4) is 0 Å². The zero-order chi connectivity index (χ0) is 18.0. The summed E-state index contributed by atoms with van der Waals surface area (Å²) < 4.78 is 40.1. The van der Waals surface area contributed by atoms with E-state index in [2.05, 4.69) is 32.7 Å². The van der Waals surface area contributed by atoms with Crippen LogP contribution in [0.15, 0.2) is 0 Å². The molecule has 0 aromatic carbocycles. The Balaban J connectivity index is 3.97. The van der Waals surface area contributed by atoms with Crippen LogP contribution in [0, 0.1) is 0 Å². The molecule has 0 amide bonds. The second-order valence-corrected chi connectivity index (χ2v) is 22.7. The maximum absolute atomic E-state index is 5.95. The van der Waals surface area contributed by atoms with Gasteiger partial charge in [0.05, 0.1) is 0 Å². The van der Waals surface area contributed by atoms with Crippen molar-refractivity contribution in [1.82, 2.24) is 0 Å². The smallest absolute Gasteiger partial charge is 0.346 e. The standard InChI is InChI=1S/C9H34O7Si7/c1-17-12-19(3)14-21(5)16-22(6)15-20(4)13-18(2)10-11-23(7,8)9/h18-22H,17H2,1-9H3. The van der Waals surface area contributed by atoms with Crippen molar-refractivity contribution >= 4 is 64.5 Å². The number of hydrogen-bond donors (Lipinski definition) is 0. The molecule has 23 heavy (non-hydrogen) atoms. The molecule has 14 heteroatoms. The van der Waals surface area contributed by atoms with Crippen molar-refractivity contribution in [3.05, 3.63) is 0 Å². The van der Waals surface area contributed by atoms with Crippen molar-refractivity contribution in [3.63, 3.8) is 0 Å². The zero-order valence-corrected chi connectivity index (χ0v) is 24.1. The molecule has 0 heterocycles. The van der Waals surface area contributed by atoms with E-state index < -0.39 is 64.5 Å². The third kappa shape index (κ3) is 15.2. The molecule has 0 bridgehead atoms. The SMILES string of the molecule is C[SiH2]O[SiH](C)O[SiH](C)O[SiH](C)O[SiH](C)O[SiH](C)OO[Si](C)(C)C. The Morgan fingerprint density at radius 2 is 1.04 bits per heavy atom. The molecule has 5 unspecified atom stereocenters. The summed E-state index contributed by atoms with van der Waals surface area (Å²) in [5.41, 5.74) is 0. The first-order valence-corrected chi connectivity index (χ1v) is 24.0. The van der Waals surface area contributed by atoms with Gasteiger partial charge in [-0.3, -0.25) is 9.15 Å². The fourth-order valence-electron chi connectivity index (χ4n) is 1.68. The van der Waals surface area contributed by atoms with Gasteiger partial charge in [0, 0.05) is 0 Å². The van der Waals surface area contributed by atoms with Gasteiger partial charge in [-0.05, 0) is 52.4 Å². The highest BCUT2D eigenvalue weighted by Gasteiger charge is 2.24. The van der Waals surface area contributed by atoms with Crippen molar-refractivity contribution in [1.29, 1.82) is 0 Å². The quantitative estimate of drug-likeness (QED) is 0.226. The van der Waals surface area contributed by atoms with Gasteiger partial charge >= 0.3 is 9.28 Å². The second-order valence-electron chi connectivity index (χ2n) is 6.13. The zero-order valence-electron chi connectivity index (χ0n) is 16.0. The molecule has 0 aromatic rings. The van der Waals surface area contributed by atoms with Crippen molar-refractivity contribution in [2.75, 3.05) is 0 Å². The first kappa shape index (κ1) is 24.2. The molecule has 0 aliphatic rings. The number of rotatable bonds is 13. The summed E-state index contributed by atoms with van der Waals surface area (Å²) >= 11 is 0. The molecular formula is C9H34O7Si7. The Bertz CT molecular complexity index is 308. The number of hydrogen-bond acceptors (Lipinski definition) is 7. The fraction of sp³-hybridized carbons (Fsp3) is 1.00. The van der Waals surface area contributed by atoms with Crippen LogP contribution in [-0.4, -0.2) is 64.5 Å². The monoisotopic (exact) mass is 450 g/mol. The molecule has 0 aromatic heterocycles. The molecule has 0 N–H and O–H groups in total. The summed E-state index contributed by atoms with van der Waals surface area (Å²) in [7, 11) is -10.5. The van der Waals surface area contributed by atoms with E-state index in [4.69, 9.17) is 29.7 Å².